The summed E-state index contributed by atoms with van der Waals surface area (Å²) in [6.07, 6.45) is 0. The molecule has 2 N–H and O–H groups in total. The molecule has 1 aromatic carbocycles. The highest BCUT2D eigenvalue weighted by Gasteiger charge is 2.21. The SMILES string of the molecule is CN1CCN(C2=Nc3ccc(N)cc3OC2)CC1. The van der Waals surface area contributed by atoms with E-state index in [1.807, 2.05) is 18.2 Å². The Morgan fingerprint density at radius 1 is 1.22 bits per heavy atom. The summed E-state index contributed by atoms with van der Waals surface area (Å²) in [5.41, 5.74) is 7.32. The molecule has 5 heteroatoms. The summed E-state index contributed by atoms with van der Waals surface area (Å²) in [6.45, 7) is 4.73. The lowest BCUT2D eigenvalue weighted by molar-refractivity contribution is 0.206. The lowest BCUT2D eigenvalue weighted by Crippen LogP contribution is -2.49. The molecule has 5 nitrogen and oxygen atoms in total. The molecule has 0 amide bonds. The molecule has 0 aromatic heterocycles. The first-order valence-electron chi connectivity index (χ1n) is 6.26. The van der Waals surface area contributed by atoms with Gasteiger partial charge in [-0.2, -0.15) is 0 Å². The molecule has 2 heterocycles. The van der Waals surface area contributed by atoms with Gasteiger partial charge in [-0.05, 0) is 19.2 Å². The van der Waals surface area contributed by atoms with Crippen molar-refractivity contribution in [3.63, 3.8) is 0 Å². The molecule has 0 aliphatic carbocycles. The van der Waals surface area contributed by atoms with Crippen LogP contribution in [-0.4, -0.2) is 55.5 Å². The zero-order valence-corrected chi connectivity index (χ0v) is 10.6. The van der Waals surface area contributed by atoms with Crippen LogP contribution in [0.25, 0.3) is 0 Å². The second-order valence-corrected chi connectivity index (χ2v) is 4.83. The van der Waals surface area contributed by atoms with Crippen molar-refractivity contribution < 1.29 is 4.74 Å². The van der Waals surface area contributed by atoms with Crippen LogP contribution in [0.2, 0.25) is 0 Å². The molecule has 1 saturated heterocycles. The van der Waals surface area contributed by atoms with Crippen molar-refractivity contribution in [2.75, 3.05) is 45.6 Å². The van der Waals surface area contributed by atoms with Gasteiger partial charge >= 0.3 is 0 Å². The van der Waals surface area contributed by atoms with Crippen LogP contribution in [0.15, 0.2) is 23.2 Å². The normalized spacial score (nSPS) is 20.1. The Labute approximate surface area is 107 Å². The number of nitrogens with two attached hydrogens (primary N) is 1. The number of ether oxygens (including phenoxy) is 1. The van der Waals surface area contributed by atoms with Gasteiger partial charge in [-0.1, -0.05) is 0 Å². The highest BCUT2D eigenvalue weighted by atomic mass is 16.5. The Hall–Kier alpha value is -1.75. The van der Waals surface area contributed by atoms with Crippen LogP contribution in [0.1, 0.15) is 0 Å². The second kappa shape index (κ2) is 4.49. The number of rotatable bonds is 0. The Balaban J connectivity index is 1.81. The molecule has 0 radical (unpaired) electrons. The number of aliphatic imine (C=N–C) groups is 1. The third-order valence-electron chi connectivity index (χ3n) is 3.46. The van der Waals surface area contributed by atoms with Gasteiger partial charge < -0.3 is 20.3 Å². The summed E-state index contributed by atoms with van der Waals surface area (Å²) in [5.74, 6) is 1.81. The van der Waals surface area contributed by atoms with Gasteiger partial charge in [-0.15, -0.1) is 0 Å². The van der Waals surface area contributed by atoms with Crippen molar-refractivity contribution in [2.24, 2.45) is 4.99 Å². The molecule has 0 atom stereocenters. The second-order valence-electron chi connectivity index (χ2n) is 4.83. The fraction of sp³-hybridized carbons (Fsp3) is 0.462. The van der Waals surface area contributed by atoms with Crippen LogP contribution in [0.4, 0.5) is 11.4 Å². The summed E-state index contributed by atoms with van der Waals surface area (Å²) in [4.78, 5) is 9.31. The molecule has 18 heavy (non-hydrogen) atoms. The number of hydrogen-bond donors (Lipinski definition) is 1. The molecule has 1 aromatic rings. The lowest BCUT2D eigenvalue weighted by atomic mass is 10.2. The monoisotopic (exact) mass is 246 g/mol. The average molecular weight is 246 g/mol. The fourth-order valence-corrected chi connectivity index (χ4v) is 2.28. The summed E-state index contributed by atoms with van der Waals surface area (Å²) in [6, 6.07) is 5.61. The maximum absolute atomic E-state index is 5.73. The minimum Gasteiger partial charge on any atom is -0.483 e. The van der Waals surface area contributed by atoms with E-state index in [4.69, 9.17) is 10.5 Å². The topological polar surface area (TPSA) is 54.1 Å². The van der Waals surface area contributed by atoms with E-state index in [9.17, 15) is 0 Å². The van der Waals surface area contributed by atoms with Gasteiger partial charge in [0, 0.05) is 37.9 Å². The van der Waals surface area contributed by atoms with Crippen LogP contribution in [0.3, 0.4) is 0 Å². The standard InChI is InChI=1S/C13H18N4O/c1-16-4-6-17(7-5-16)13-9-18-12-8-10(14)2-3-11(12)15-13/h2-3,8H,4-7,9,14H2,1H3. The molecule has 0 bridgehead atoms. The number of anilines is 1. The number of fused-ring (bicyclic) bond motifs is 1. The lowest BCUT2D eigenvalue weighted by Gasteiger charge is -2.35. The van der Waals surface area contributed by atoms with Crippen LogP contribution in [0.5, 0.6) is 5.75 Å². The van der Waals surface area contributed by atoms with Gasteiger partial charge in [0.1, 0.15) is 23.9 Å². The number of amidine groups is 1. The van der Waals surface area contributed by atoms with Gasteiger partial charge in [0.25, 0.3) is 0 Å². The van der Waals surface area contributed by atoms with Crippen molar-refractivity contribution in [1.29, 1.82) is 0 Å². The van der Waals surface area contributed by atoms with Crippen molar-refractivity contribution in [3.05, 3.63) is 18.2 Å². The van der Waals surface area contributed by atoms with Crippen molar-refractivity contribution >= 4 is 17.2 Å². The quantitative estimate of drug-likeness (QED) is 0.692. The van der Waals surface area contributed by atoms with Crippen molar-refractivity contribution in [1.82, 2.24) is 9.80 Å². The van der Waals surface area contributed by atoms with E-state index in [0.29, 0.717) is 12.3 Å². The zero-order chi connectivity index (χ0) is 12.5. The molecule has 0 saturated carbocycles. The van der Waals surface area contributed by atoms with E-state index >= 15 is 0 Å². The Kier molecular flexibility index (Phi) is 2.83. The van der Waals surface area contributed by atoms with Crippen LogP contribution in [-0.2, 0) is 0 Å². The third-order valence-corrected chi connectivity index (χ3v) is 3.46. The number of hydrogen-bond acceptors (Lipinski definition) is 5. The number of piperazine rings is 1. The third kappa shape index (κ3) is 2.13. The van der Waals surface area contributed by atoms with E-state index in [-0.39, 0.29) is 0 Å². The van der Waals surface area contributed by atoms with Crippen LogP contribution in [0, 0.1) is 0 Å². The van der Waals surface area contributed by atoms with E-state index in [2.05, 4.69) is 21.8 Å². The molecule has 2 aliphatic rings. The molecular weight excluding hydrogens is 228 g/mol. The van der Waals surface area contributed by atoms with Gasteiger partial charge in [0.2, 0.25) is 0 Å². The molecule has 0 unspecified atom stereocenters. The number of nitrogens with zero attached hydrogens (tertiary/aromatic N) is 3. The number of benzene rings is 1. The predicted octanol–water partition coefficient (Wildman–Crippen LogP) is 0.939. The first-order chi connectivity index (χ1) is 8.72. The summed E-state index contributed by atoms with van der Waals surface area (Å²) in [5, 5.41) is 0. The molecule has 3 rings (SSSR count). The average Bonchev–Trinajstić information content (AvgIpc) is 2.39. The predicted molar refractivity (Wildman–Crippen MR) is 72.5 cm³/mol. The zero-order valence-electron chi connectivity index (χ0n) is 10.6. The van der Waals surface area contributed by atoms with E-state index < -0.39 is 0 Å². The fourth-order valence-electron chi connectivity index (χ4n) is 2.28. The first kappa shape index (κ1) is 11.3. The maximum Gasteiger partial charge on any atom is 0.147 e. The molecule has 96 valence electrons. The van der Waals surface area contributed by atoms with Crippen LogP contribution >= 0.6 is 0 Å². The molecular formula is C13H18N4O. The minimum atomic E-state index is 0.542. The first-order valence-corrected chi connectivity index (χ1v) is 6.26. The number of likely N-dealkylation sites (N-methyl/N-ethyl adjacent to an activating group) is 1. The summed E-state index contributed by atoms with van der Waals surface area (Å²) >= 11 is 0. The van der Waals surface area contributed by atoms with Crippen LogP contribution < -0.4 is 10.5 Å². The number of nitrogen functional groups attached to an aromatic ring is 1. The van der Waals surface area contributed by atoms with Gasteiger partial charge in [0.15, 0.2) is 0 Å². The van der Waals surface area contributed by atoms with Gasteiger partial charge in [0.05, 0.1) is 0 Å². The highest BCUT2D eigenvalue weighted by Crippen LogP contribution is 2.32. The van der Waals surface area contributed by atoms with E-state index in [1.165, 1.54) is 0 Å². The Morgan fingerprint density at radius 2 is 2.00 bits per heavy atom. The Morgan fingerprint density at radius 3 is 2.78 bits per heavy atom. The van der Waals surface area contributed by atoms with E-state index in [0.717, 1.165) is 43.5 Å². The Bertz CT molecular complexity index is 478. The maximum atomic E-state index is 5.73. The molecule has 0 spiro atoms. The van der Waals surface area contributed by atoms with Gasteiger partial charge in [-0.25, -0.2) is 4.99 Å². The largest absolute Gasteiger partial charge is 0.483 e. The van der Waals surface area contributed by atoms with Gasteiger partial charge in [-0.3, -0.25) is 0 Å². The molecule has 1 fully saturated rings. The molecule has 2 aliphatic heterocycles. The summed E-state index contributed by atoms with van der Waals surface area (Å²) in [7, 11) is 2.15. The summed E-state index contributed by atoms with van der Waals surface area (Å²) < 4.78 is 5.73. The highest BCUT2D eigenvalue weighted by molar-refractivity contribution is 5.89. The minimum absolute atomic E-state index is 0.542. The van der Waals surface area contributed by atoms with Crippen molar-refractivity contribution in [3.8, 4) is 5.75 Å². The van der Waals surface area contributed by atoms with E-state index in [1.54, 1.807) is 0 Å². The van der Waals surface area contributed by atoms with Crippen molar-refractivity contribution in [2.45, 2.75) is 0 Å². The smallest absolute Gasteiger partial charge is 0.147 e.